The Labute approximate surface area is 162 Å². The van der Waals surface area contributed by atoms with Gasteiger partial charge in [0.1, 0.15) is 11.5 Å². The molecule has 0 N–H and O–H groups in total. The predicted octanol–water partition coefficient (Wildman–Crippen LogP) is 5.08. The van der Waals surface area contributed by atoms with Crippen LogP contribution in [0, 0.1) is 5.82 Å². The highest BCUT2D eigenvalue weighted by molar-refractivity contribution is 5.97. The number of halogens is 1. The van der Waals surface area contributed by atoms with E-state index in [1.807, 2.05) is 54.0 Å². The summed E-state index contributed by atoms with van der Waals surface area (Å²) in [5, 5.41) is 0. The van der Waals surface area contributed by atoms with Crippen LogP contribution in [0.25, 0.3) is 11.1 Å². The first-order valence-electron chi connectivity index (χ1n) is 9.30. The number of amides is 1. The van der Waals surface area contributed by atoms with Crippen molar-refractivity contribution >= 4 is 17.0 Å². The highest BCUT2D eigenvalue weighted by Gasteiger charge is 2.22. The van der Waals surface area contributed by atoms with Crippen LogP contribution in [0.3, 0.4) is 0 Å². The fourth-order valence-corrected chi connectivity index (χ4v) is 3.44. The average Bonchev–Trinajstić information content (AvgIpc) is 3.29. The number of benzene rings is 2. The van der Waals surface area contributed by atoms with Gasteiger partial charge in [-0.1, -0.05) is 42.5 Å². The number of furan rings is 1. The summed E-state index contributed by atoms with van der Waals surface area (Å²) in [6.45, 7) is 3.47. The topological polar surface area (TPSA) is 38.4 Å². The van der Waals surface area contributed by atoms with Gasteiger partial charge in [0.25, 0.3) is 5.91 Å². The van der Waals surface area contributed by atoms with Gasteiger partial charge in [0, 0.05) is 31.8 Å². The molecule has 0 aliphatic heterocycles. The van der Waals surface area contributed by atoms with Gasteiger partial charge >= 0.3 is 0 Å². The second-order valence-corrected chi connectivity index (χ2v) is 6.72. The zero-order chi connectivity index (χ0) is 19.5. The van der Waals surface area contributed by atoms with Gasteiger partial charge in [-0.05, 0) is 30.2 Å². The van der Waals surface area contributed by atoms with E-state index in [2.05, 4.69) is 0 Å². The number of nitrogens with zero attached hydrogens (tertiary/aromatic N) is 2. The third-order valence-electron chi connectivity index (χ3n) is 4.86. The molecule has 0 aliphatic carbocycles. The summed E-state index contributed by atoms with van der Waals surface area (Å²) in [6, 6.07) is 19.9. The molecular formula is C23H21FN2O2. The molecule has 0 aliphatic rings. The van der Waals surface area contributed by atoms with E-state index in [4.69, 9.17) is 4.42 Å². The van der Waals surface area contributed by atoms with Crippen molar-refractivity contribution in [1.29, 1.82) is 0 Å². The molecule has 0 saturated carbocycles. The molecule has 0 bridgehead atoms. The third kappa shape index (κ3) is 3.56. The summed E-state index contributed by atoms with van der Waals surface area (Å²) in [7, 11) is 0. The van der Waals surface area contributed by atoms with Crippen LogP contribution >= 0.6 is 0 Å². The summed E-state index contributed by atoms with van der Waals surface area (Å²) in [5.74, 6) is -0.366. The Morgan fingerprint density at radius 1 is 1.04 bits per heavy atom. The molecule has 2 aromatic heterocycles. The van der Waals surface area contributed by atoms with E-state index >= 15 is 0 Å². The second-order valence-electron chi connectivity index (χ2n) is 6.72. The highest BCUT2D eigenvalue weighted by atomic mass is 19.1. The Bertz CT molecular complexity index is 1100. The number of rotatable bonds is 6. The van der Waals surface area contributed by atoms with Crippen molar-refractivity contribution in [2.75, 3.05) is 6.54 Å². The van der Waals surface area contributed by atoms with E-state index in [1.165, 1.54) is 12.1 Å². The number of aromatic nitrogens is 1. The van der Waals surface area contributed by atoms with Crippen LogP contribution in [0.4, 0.5) is 4.39 Å². The van der Waals surface area contributed by atoms with E-state index in [0.29, 0.717) is 30.9 Å². The predicted molar refractivity (Wildman–Crippen MR) is 107 cm³/mol. The molecule has 0 unspecified atom stereocenters. The van der Waals surface area contributed by atoms with Gasteiger partial charge in [-0.25, -0.2) is 4.39 Å². The van der Waals surface area contributed by atoms with Gasteiger partial charge in [0.2, 0.25) is 0 Å². The molecule has 4 nitrogen and oxygen atoms in total. The van der Waals surface area contributed by atoms with Gasteiger partial charge in [0.05, 0.1) is 11.8 Å². The molecule has 2 heterocycles. The molecule has 0 spiro atoms. The SMILES string of the molecule is CCN(Cc1ccccc1)C(=O)c1cc2occc2n1Cc1cccc(F)c1. The number of fused-ring (bicyclic) bond motifs is 1. The maximum absolute atomic E-state index is 13.6. The lowest BCUT2D eigenvalue weighted by atomic mass is 10.2. The first kappa shape index (κ1) is 18.0. The molecule has 0 saturated heterocycles. The Morgan fingerprint density at radius 3 is 2.57 bits per heavy atom. The van der Waals surface area contributed by atoms with Crippen LogP contribution < -0.4 is 0 Å². The molecule has 2 aromatic carbocycles. The van der Waals surface area contributed by atoms with Gasteiger partial charge < -0.3 is 13.9 Å². The maximum atomic E-state index is 13.6. The normalized spacial score (nSPS) is 11.1. The first-order valence-corrected chi connectivity index (χ1v) is 9.30. The standard InChI is InChI=1S/C23H21FN2O2/c1-2-25(15-17-7-4-3-5-8-17)23(27)21-14-22-20(11-12-28-22)26(21)16-18-9-6-10-19(24)13-18/h3-14H,2,15-16H2,1H3. The largest absolute Gasteiger partial charge is 0.463 e. The van der Waals surface area contributed by atoms with Crippen molar-refractivity contribution in [1.82, 2.24) is 9.47 Å². The monoisotopic (exact) mass is 376 g/mol. The fourth-order valence-electron chi connectivity index (χ4n) is 3.44. The quantitative estimate of drug-likeness (QED) is 0.470. The Hall–Kier alpha value is -3.34. The zero-order valence-corrected chi connectivity index (χ0v) is 15.6. The van der Waals surface area contributed by atoms with E-state index in [0.717, 1.165) is 16.6 Å². The van der Waals surface area contributed by atoms with Crippen molar-refractivity contribution in [3.05, 3.63) is 95.6 Å². The highest BCUT2D eigenvalue weighted by Crippen LogP contribution is 2.24. The Kier molecular flexibility index (Phi) is 4.98. The summed E-state index contributed by atoms with van der Waals surface area (Å²) >= 11 is 0. The average molecular weight is 376 g/mol. The van der Waals surface area contributed by atoms with Crippen molar-refractivity contribution in [2.24, 2.45) is 0 Å². The molecule has 0 fully saturated rings. The van der Waals surface area contributed by atoms with Crippen molar-refractivity contribution in [3.63, 3.8) is 0 Å². The smallest absolute Gasteiger partial charge is 0.270 e. The van der Waals surface area contributed by atoms with E-state index in [-0.39, 0.29) is 11.7 Å². The fraction of sp³-hybridized carbons (Fsp3) is 0.174. The number of hydrogen-bond donors (Lipinski definition) is 0. The van der Waals surface area contributed by atoms with Crippen LogP contribution in [0.15, 0.2) is 77.4 Å². The molecule has 4 aromatic rings. The minimum Gasteiger partial charge on any atom is -0.463 e. The van der Waals surface area contributed by atoms with Crippen LogP contribution in [0.5, 0.6) is 0 Å². The van der Waals surface area contributed by atoms with Gasteiger partial charge in [-0.15, -0.1) is 0 Å². The molecule has 5 heteroatoms. The summed E-state index contributed by atoms with van der Waals surface area (Å²) < 4.78 is 21.0. The number of hydrogen-bond acceptors (Lipinski definition) is 2. The van der Waals surface area contributed by atoms with Crippen molar-refractivity contribution < 1.29 is 13.6 Å². The first-order chi connectivity index (χ1) is 13.7. The molecule has 4 rings (SSSR count). The van der Waals surface area contributed by atoms with E-state index in [9.17, 15) is 9.18 Å². The van der Waals surface area contributed by atoms with Crippen LogP contribution in [0.1, 0.15) is 28.5 Å². The third-order valence-corrected chi connectivity index (χ3v) is 4.86. The molecular weight excluding hydrogens is 355 g/mol. The lowest BCUT2D eigenvalue weighted by Gasteiger charge is -2.22. The molecule has 0 atom stereocenters. The van der Waals surface area contributed by atoms with Crippen molar-refractivity contribution in [3.8, 4) is 0 Å². The number of carbonyl (C=O) groups is 1. The van der Waals surface area contributed by atoms with Crippen LogP contribution in [0.2, 0.25) is 0 Å². The summed E-state index contributed by atoms with van der Waals surface area (Å²) in [6.07, 6.45) is 1.60. The van der Waals surface area contributed by atoms with E-state index in [1.54, 1.807) is 23.3 Å². The van der Waals surface area contributed by atoms with Crippen molar-refractivity contribution in [2.45, 2.75) is 20.0 Å². The van der Waals surface area contributed by atoms with Crippen LogP contribution in [-0.4, -0.2) is 21.9 Å². The minimum absolute atomic E-state index is 0.0749. The summed E-state index contributed by atoms with van der Waals surface area (Å²) in [5.41, 5.74) is 3.87. The number of carbonyl (C=O) groups excluding carboxylic acids is 1. The van der Waals surface area contributed by atoms with Gasteiger partial charge in [-0.2, -0.15) is 0 Å². The van der Waals surface area contributed by atoms with Crippen LogP contribution in [-0.2, 0) is 13.1 Å². The van der Waals surface area contributed by atoms with Gasteiger partial charge in [-0.3, -0.25) is 4.79 Å². The molecule has 1 amide bonds. The second kappa shape index (κ2) is 7.72. The maximum Gasteiger partial charge on any atom is 0.270 e. The lowest BCUT2D eigenvalue weighted by molar-refractivity contribution is 0.0742. The molecule has 28 heavy (non-hydrogen) atoms. The Morgan fingerprint density at radius 2 is 1.82 bits per heavy atom. The Balaban J connectivity index is 1.69. The lowest BCUT2D eigenvalue weighted by Crippen LogP contribution is -2.32. The molecule has 142 valence electrons. The van der Waals surface area contributed by atoms with E-state index < -0.39 is 0 Å². The minimum atomic E-state index is -0.291. The zero-order valence-electron chi connectivity index (χ0n) is 15.6. The van der Waals surface area contributed by atoms with Gasteiger partial charge in [0.15, 0.2) is 5.58 Å². The molecule has 0 radical (unpaired) electrons. The summed E-state index contributed by atoms with van der Waals surface area (Å²) in [4.78, 5) is 15.1.